The monoisotopic (exact) mass is 326 g/mol. The van der Waals surface area contributed by atoms with E-state index in [9.17, 15) is 8.78 Å². The molecule has 0 spiro atoms. The second-order valence-electron chi connectivity index (χ2n) is 4.02. The Morgan fingerprint density at radius 2 is 1.79 bits per heavy atom. The predicted octanol–water partition coefficient (Wildman–Crippen LogP) is 4.47. The van der Waals surface area contributed by atoms with Crippen LogP contribution in [0.25, 0.3) is 0 Å². The number of para-hydroxylation sites is 1. The molecule has 100 valence electrons. The molecule has 0 bridgehead atoms. The molecule has 0 saturated heterocycles. The van der Waals surface area contributed by atoms with Gasteiger partial charge in [-0.3, -0.25) is 0 Å². The van der Waals surface area contributed by atoms with Crippen molar-refractivity contribution in [3.05, 3.63) is 52.5 Å². The molecule has 0 aliphatic heterocycles. The van der Waals surface area contributed by atoms with Crippen molar-refractivity contribution in [1.29, 1.82) is 0 Å². The van der Waals surface area contributed by atoms with Gasteiger partial charge in [-0.15, -0.1) is 0 Å². The summed E-state index contributed by atoms with van der Waals surface area (Å²) in [5, 5.41) is 0. The lowest BCUT2D eigenvalue weighted by atomic mass is 10.2. The Morgan fingerprint density at radius 3 is 2.42 bits per heavy atom. The summed E-state index contributed by atoms with van der Waals surface area (Å²) in [6.07, 6.45) is 0. The molecule has 0 aliphatic carbocycles. The largest absolute Gasteiger partial charge is 0.397 e. The molecule has 0 unspecified atom stereocenters. The van der Waals surface area contributed by atoms with Crippen LogP contribution in [0.5, 0.6) is 0 Å². The highest BCUT2D eigenvalue weighted by Crippen LogP contribution is 2.35. The second kappa shape index (κ2) is 5.57. The maximum absolute atomic E-state index is 13.9. The van der Waals surface area contributed by atoms with E-state index < -0.39 is 5.82 Å². The van der Waals surface area contributed by atoms with Crippen molar-refractivity contribution in [3.63, 3.8) is 0 Å². The molecule has 0 aromatic heterocycles. The molecule has 2 N–H and O–H groups in total. The molecule has 2 nitrogen and oxygen atoms in total. The lowest BCUT2D eigenvalue weighted by Crippen LogP contribution is -2.19. The molecule has 2 aromatic carbocycles. The fourth-order valence-corrected chi connectivity index (χ4v) is 2.26. The van der Waals surface area contributed by atoms with Crippen LogP contribution in [0, 0.1) is 11.6 Å². The Bertz CT molecular complexity index is 602. The SMILES string of the molecule is CCN(c1cc(Br)c(F)cc1N)c1ccccc1F. The molecule has 0 atom stereocenters. The predicted molar refractivity (Wildman–Crippen MR) is 77.6 cm³/mol. The zero-order valence-corrected chi connectivity index (χ0v) is 11.9. The second-order valence-corrected chi connectivity index (χ2v) is 4.88. The Balaban J connectivity index is 2.55. The molecular weight excluding hydrogens is 314 g/mol. The molecule has 19 heavy (non-hydrogen) atoms. The van der Waals surface area contributed by atoms with E-state index in [1.165, 1.54) is 12.1 Å². The summed E-state index contributed by atoms with van der Waals surface area (Å²) in [6.45, 7) is 2.40. The molecule has 0 heterocycles. The van der Waals surface area contributed by atoms with Crippen molar-refractivity contribution in [1.82, 2.24) is 0 Å². The highest BCUT2D eigenvalue weighted by Gasteiger charge is 2.16. The summed E-state index contributed by atoms with van der Waals surface area (Å²) in [6, 6.07) is 9.19. The first-order valence-corrected chi connectivity index (χ1v) is 6.60. The Morgan fingerprint density at radius 1 is 1.11 bits per heavy atom. The summed E-state index contributed by atoms with van der Waals surface area (Å²) in [7, 11) is 0. The van der Waals surface area contributed by atoms with Crippen LogP contribution in [0.4, 0.5) is 25.8 Å². The van der Waals surface area contributed by atoms with Crippen LogP contribution < -0.4 is 10.6 Å². The summed E-state index contributed by atoms with van der Waals surface area (Å²) < 4.78 is 27.5. The van der Waals surface area contributed by atoms with Crippen LogP contribution in [-0.2, 0) is 0 Å². The smallest absolute Gasteiger partial charge is 0.146 e. The van der Waals surface area contributed by atoms with Gasteiger partial charge in [-0.05, 0) is 41.1 Å². The van der Waals surface area contributed by atoms with E-state index >= 15 is 0 Å². The van der Waals surface area contributed by atoms with E-state index in [2.05, 4.69) is 15.9 Å². The number of hydrogen-bond acceptors (Lipinski definition) is 2. The van der Waals surface area contributed by atoms with Crippen LogP contribution in [0.3, 0.4) is 0 Å². The normalized spacial score (nSPS) is 10.5. The highest BCUT2D eigenvalue weighted by molar-refractivity contribution is 9.10. The van der Waals surface area contributed by atoms with E-state index in [1.807, 2.05) is 6.92 Å². The third kappa shape index (κ3) is 2.71. The zero-order valence-electron chi connectivity index (χ0n) is 10.3. The van der Waals surface area contributed by atoms with E-state index in [1.54, 1.807) is 29.2 Å². The number of nitrogen functional groups attached to an aromatic ring is 1. The number of halogens is 3. The summed E-state index contributed by atoms with van der Waals surface area (Å²) in [5.41, 5.74) is 7.08. The highest BCUT2D eigenvalue weighted by atomic mass is 79.9. The molecule has 0 saturated carbocycles. The van der Waals surface area contributed by atoms with E-state index in [4.69, 9.17) is 5.73 Å². The van der Waals surface area contributed by atoms with E-state index in [0.717, 1.165) is 0 Å². The van der Waals surface area contributed by atoms with Gasteiger partial charge < -0.3 is 10.6 Å². The van der Waals surface area contributed by atoms with Crippen LogP contribution in [-0.4, -0.2) is 6.54 Å². The first kappa shape index (κ1) is 13.8. The van der Waals surface area contributed by atoms with Gasteiger partial charge in [0.1, 0.15) is 11.6 Å². The fourth-order valence-electron chi connectivity index (χ4n) is 1.93. The van der Waals surface area contributed by atoms with Gasteiger partial charge in [0.2, 0.25) is 0 Å². The average Bonchev–Trinajstić information content (AvgIpc) is 2.38. The maximum atomic E-state index is 13.9. The third-order valence-corrected chi connectivity index (χ3v) is 3.43. The summed E-state index contributed by atoms with van der Waals surface area (Å²) in [5.74, 6) is -0.782. The quantitative estimate of drug-likeness (QED) is 0.843. The molecule has 0 fully saturated rings. The number of nitrogens with zero attached hydrogens (tertiary/aromatic N) is 1. The van der Waals surface area contributed by atoms with Crippen LogP contribution >= 0.6 is 15.9 Å². The lowest BCUT2D eigenvalue weighted by Gasteiger charge is -2.25. The molecule has 0 amide bonds. The van der Waals surface area contributed by atoms with Gasteiger partial charge in [-0.2, -0.15) is 0 Å². The van der Waals surface area contributed by atoms with Crippen molar-refractivity contribution in [2.45, 2.75) is 6.92 Å². The van der Waals surface area contributed by atoms with Crippen molar-refractivity contribution in [3.8, 4) is 0 Å². The average molecular weight is 327 g/mol. The fraction of sp³-hybridized carbons (Fsp3) is 0.143. The van der Waals surface area contributed by atoms with E-state index in [-0.39, 0.29) is 11.5 Å². The van der Waals surface area contributed by atoms with Gasteiger partial charge in [0.05, 0.1) is 21.5 Å². The minimum atomic E-state index is -0.439. The van der Waals surface area contributed by atoms with Crippen LogP contribution in [0.15, 0.2) is 40.9 Å². The number of rotatable bonds is 3. The number of hydrogen-bond donors (Lipinski definition) is 1. The molecule has 0 radical (unpaired) electrons. The molecular formula is C14H13BrF2N2. The maximum Gasteiger partial charge on any atom is 0.146 e. The van der Waals surface area contributed by atoms with Gasteiger partial charge in [-0.1, -0.05) is 12.1 Å². The first-order chi connectivity index (χ1) is 9.04. The van der Waals surface area contributed by atoms with E-state index in [0.29, 0.717) is 22.4 Å². The lowest BCUT2D eigenvalue weighted by molar-refractivity contribution is 0.620. The van der Waals surface area contributed by atoms with Crippen molar-refractivity contribution >= 4 is 33.0 Å². The molecule has 0 aliphatic rings. The van der Waals surface area contributed by atoms with Gasteiger partial charge >= 0.3 is 0 Å². The molecule has 2 aromatic rings. The van der Waals surface area contributed by atoms with Crippen molar-refractivity contribution < 1.29 is 8.78 Å². The number of nitrogens with two attached hydrogens (primary N) is 1. The molecule has 2 rings (SSSR count). The Kier molecular flexibility index (Phi) is 4.04. The van der Waals surface area contributed by atoms with Gasteiger partial charge in [-0.25, -0.2) is 8.78 Å². The van der Waals surface area contributed by atoms with Crippen molar-refractivity contribution in [2.75, 3.05) is 17.2 Å². The van der Waals surface area contributed by atoms with Gasteiger partial charge in [0.25, 0.3) is 0 Å². The summed E-state index contributed by atoms with van der Waals surface area (Å²) in [4.78, 5) is 1.70. The number of anilines is 3. The zero-order chi connectivity index (χ0) is 14.0. The Hall–Kier alpha value is -1.62. The summed E-state index contributed by atoms with van der Waals surface area (Å²) >= 11 is 3.12. The third-order valence-electron chi connectivity index (χ3n) is 2.82. The standard InChI is InChI=1S/C14H13BrF2N2/c1-2-19(13-6-4-3-5-10(13)16)14-7-9(15)11(17)8-12(14)18/h3-8H,2,18H2,1H3. The van der Waals surface area contributed by atoms with Crippen LogP contribution in [0.1, 0.15) is 6.92 Å². The number of benzene rings is 2. The topological polar surface area (TPSA) is 29.3 Å². The first-order valence-electron chi connectivity index (χ1n) is 5.81. The van der Waals surface area contributed by atoms with Crippen molar-refractivity contribution in [2.24, 2.45) is 0 Å². The minimum Gasteiger partial charge on any atom is -0.397 e. The Labute approximate surface area is 119 Å². The minimum absolute atomic E-state index is 0.269. The van der Waals surface area contributed by atoms with Crippen LogP contribution in [0.2, 0.25) is 0 Å². The van der Waals surface area contributed by atoms with Gasteiger partial charge in [0.15, 0.2) is 0 Å². The van der Waals surface area contributed by atoms with Gasteiger partial charge in [0, 0.05) is 12.6 Å². The molecule has 5 heteroatoms.